The van der Waals surface area contributed by atoms with E-state index < -0.39 is 12.0 Å². The maximum absolute atomic E-state index is 12.5. The van der Waals surface area contributed by atoms with Gasteiger partial charge in [0.1, 0.15) is 10.8 Å². The second kappa shape index (κ2) is 7.27. The van der Waals surface area contributed by atoms with Crippen LogP contribution in [0.4, 0.5) is 5.00 Å². The van der Waals surface area contributed by atoms with Crippen LogP contribution in [0.15, 0.2) is 30.3 Å². The number of anilines is 1. The summed E-state index contributed by atoms with van der Waals surface area (Å²) in [6.45, 7) is 3.88. The molecule has 0 aliphatic heterocycles. The SMILES string of the molecule is CC1CCc2c(sc(NC(=O)C(C)Oc3ccccc3)c2C(N)=O)C1. The fourth-order valence-corrected chi connectivity index (χ4v) is 4.49. The number of para-hydroxylation sites is 1. The number of nitrogens with one attached hydrogen (secondary N) is 1. The molecule has 1 aliphatic rings. The quantitative estimate of drug-likeness (QED) is 0.860. The van der Waals surface area contributed by atoms with Crippen LogP contribution in [0.1, 0.15) is 41.1 Å². The minimum Gasteiger partial charge on any atom is -0.481 e. The smallest absolute Gasteiger partial charge is 0.265 e. The molecule has 5 nitrogen and oxygen atoms in total. The first-order valence-corrected chi connectivity index (χ1v) is 9.24. The number of rotatable bonds is 5. The van der Waals surface area contributed by atoms with Crippen molar-refractivity contribution in [2.75, 3.05) is 5.32 Å². The molecular weight excluding hydrogens is 336 g/mol. The molecule has 25 heavy (non-hydrogen) atoms. The topological polar surface area (TPSA) is 81.4 Å². The van der Waals surface area contributed by atoms with Crippen molar-refractivity contribution in [2.24, 2.45) is 11.7 Å². The molecule has 1 heterocycles. The monoisotopic (exact) mass is 358 g/mol. The summed E-state index contributed by atoms with van der Waals surface area (Å²) in [5.41, 5.74) is 7.05. The number of hydrogen-bond acceptors (Lipinski definition) is 4. The standard InChI is InChI=1S/C19H22N2O3S/c1-11-8-9-14-15(10-11)25-19(16(14)17(20)22)21-18(23)12(2)24-13-6-4-3-5-7-13/h3-7,11-12H,8-10H2,1-2H3,(H2,20,22)(H,21,23). The molecule has 0 fully saturated rings. The number of carbonyl (C=O) groups excluding carboxylic acids is 2. The van der Waals surface area contributed by atoms with E-state index >= 15 is 0 Å². The van der Waals surface area contributed by atoms with E-state index in [1.54, 1.807) is 19.1 Å². The van der Waals surface area contributed by atoms with Gasteiger partial charge in [-0.2, -0.15) is 0 Å². The Kier molecular flexibility index (Phi) is 5.08. The van der Waals surface area contributed by atoms with Gasteiger partial charge in [0.15, 0.2) is 6.10 Å². The van der Waals surface area contributed by atoms with Crippen molar-refractivity contribution in [3.63, 3.8) is 0 Å². The van der Waals surface area contributed by atoms with Gasteiger partial charge in [0, 0.05) is 4.88 Å². The zero-order valence-corrected chi connectivity index (χ0v) is 15.2. The van der Waals surface area contributed by atoms with Crippen molar-refractivity contribution >= 4 is 28.2 Å². The molecule has 3 rings (SSSR count). The minimum absolute atomic E-state index is 0.294. The maximum Gasteiger partial charge on any atom is 0.265 e. The van der Waals surface area contributed by atoms with Crippen molar-refractivity contribution < 1.29 is 14.3 Å². The van der Waals surface area contributed by atoms with Crippen LogP contribution in [0.3, 0.4) is 0 Å². The van der Waals surface area contributed by atoms with Crippen molar-refractivity contribution in [3.05, 3.63) is 46.3 Å². The molecule has 1 aromatic heterocycles. The van der Waals surface area contributed by atoms with E-state index in [0.717, 1.165) is 29.7 Å². The normalized spacial score (nSPS) is 17.4. The zero-order chi connectivity index (χ0) is 18.0. The molecule has 2 atom stereocenters. The highest BCUT2D eigenvalue weighted by molar-refractivity contribution is 7.17. The molecule has 2 aromatic rings. The highest BCUT2D eigenvalue weighted by Crippen LogP contribution is 2.39. The summed E-state index contributed by atoms with van der Waals surface area (Å²) in [4.78, 5) is 25.6. The Morgan fingerprint density at radius 1 is 1.32 bits per heavy atom. The second-order valence-electron chi connectivity index (χ2n) is 6.48. The van der Waals surface area contributed by atoms with Gasteiger partial charge in [0.2, 0.25) is 0 Å². The van der Waals surface area contributed by atoms with Crippen molar-refractivity contribution in [1.82, 2.24) is 0 Å². The first-order valence-electron chi connectivity index (χ1n) is 8.42. The van der Waals surface area contributed by atoms with Crippen LogP contribution in [-0.4, -0.2) is 17.9 Å². The molecule has 2 unspecified atom stereocenters. The fraction of sp³-hybridized carbons (Fsp3) is 0.368. The third-order valence-corrected chi connectivity index (χ3v) is 5.59. The summed E-state index contributed by atoms with van der Waals surface area (Å²) in [6.07, 6.45) is 2.11. The van der Waals surface area contributed by atoms with E-state index in [2.05, 4.69) is 12.2 Å². The molecule has 0 radical (unpaired) electrons. The van der Waals surface area contributed by atoms with Gasteiger partial charge in [-0.25, -0.2) is 0 Å². The summed E-state index contributed by atoms with van der Waals surface area (Å²) >= 11 is 1.46. The Balaban J connectivity index is 1.78. The Morgan fingerprint density at radius 2 is 2.04 bits per heavy atom. The summed E-state index contributed by atoms with van der Waals surface area (Å²) in [5.74, 6) is 0.423. The highest BCUT2D eigenvalue weighted by Gasteiger charge is 2.28. The van der Waals surface area contributed by atoms with E-state index in [4.69, 9.17) is 10.5 Å². The molecule has 0 spiro atoms. The molecule has 0 saturated heterocycles. The highest BCUT2D eigenvalue weighted by atomic mass is 32.1. The lowest BCUT2D eigenvalue weighted by Crippen LogP contribution is -2.30. The van der Waals surface area contributed by atoms with Crippen molar-refractivity contribution in [3.8, 4) is 5.75 Å². The van der Waals surface area contributed by atoms with Crippen molar-refractivity contribution in [1.29, 1.82) is 0 Å². The average Bonchev–Trinajstić information content (AvgIpc) is 2.92. The molecule has 1 aliphatic carbocycles. The van der Waals surface area contributed by atoms with Gasteiger partial charge in [-0.15, -0.1) is 11.3 Å². The maximum atomic E-state index is 12.5. The van der Waals surface area contributed by atoms with E-state index in [-0.39, 0.29) is 5.91 Å². The van der Waals surface area contributed by atoms with E-state index in [9.17, 15) is 9.59 Å². The Morgan fingerprint density at radius 3 is 2.72 bits per heavy atom. The zero-order valence-electron chi connectivity index (χ0n) is 14.4. The molecule has 132 valence electrons. The second-order valence-corrected chi connectivity index (χ2v) is 7.59. The third-order valence-electron chi connectivity index (χ3n) is 4.42. The van der Waals surface area contributed by atoms with Gasteiger partial charge in [0.25, 0.3) is 11.8 Å². The number of fused-ring (bicyclic) bond motifs is 1. The number of thiophene rings is 1. The van der Waals surface area contributed by atoms with Crippen LogP contribution in [0.5, 0.6) is 5.75 Å². The summed E-state index contributed by atoms with van der Waals surface area (Å²) in [5, 5.41) is 3.38. The van der Waals surface area contributed by atoms with E-state index in [1.165, 1.54) is 11.3 Å². The number of nitrogens with two attached hydrogens (primary N) is 1. The largest absolute Gasteiger partial charge is 0.481 e. The van der Waals surface area contributed by atoms with Crippen LogP contribution in [0, 0.1) is 5.92 Å². The number of carbonyl (C=O) groups is 2. The van der Waals surface area contributed by atoms with Gasteiger partial charge in [-0.05, 0) is 49.8 Å². The van der Waals surface area contributed by atoms with E-state index in [1.807, 2.05) is 18.2 Å². The Labute approximate surface area is 151 Å². The number of ether oxygens (including phenoxy) is 1. The molecule has 0 bridgehead atoms. The average molecular weight is 358 g/mol. The van der Waals surface area contributed by atoms with Crippen LogP contribution < -0.4 is 15.8 Å². The first-order chi connectivity index (χ1) is 12.0. The predicted octanol–water partition coefficient (Wildman–Crippen LogP) is 3.38. The Bertz CT molecular complexity index is 785. The number of hydrogen-bond donors (Lipinski definition) is 2. The lowest BCUT2D eigenvalue weighted by molar-refractivity contribution is -0.122. The summed E-state index contributed by atoms with van der Waals surface area (Å²) in [7, 11) is 0. The predicted molar refractivity (Wildman–Crippen MR) is 99.2 cm³/mol. The lowest BCUT2D eigenvalue weighted by atomic mass is 9.88. The Hall–Kier alpha value is -2.34. The van der Waals surface area contributed by atoms with Gasteiger partial charge in [-0.1, -0.05) is 25.1 Å². The number of primary amides is 1. The molecule has 6 heteroatoms. The third kappa shape index (κ3) is 3.85. The molecule has 0 saturated carbocycles. The van der Waals surface area contributed by atoms with Crippen LogP contribution in [0.25, 0.3) is 0 Å². The summed E-state index contributed by atoms with van der Waals surface area (Å²) in [6, 6.07) is 9.17. The van der Waals surface area contributed by atoms with Gasteiger partial charge in [0.05, 0.1) is 5.56 Å². The minimum atomic E-state index is -0.679. The first kappa shape index (κ1) is 17.5. The number of amides is 2. The van der Waals surface area contributed by atoms with Gasteiger partial charge in [-0.3, -0.25) is 9.59 Å². The van der Waals surface area contributed by atoms with Crippen LogP contribution in [-0.2, 0) is 17.6 Å². The fourth-order valence-electron chi connectivity index (χ4n) is 3.07. The lowest BCUT2D eigenvalue weighted by Gasteiger charge is -2.18. The van der Waals surface area contributed by atoms with E-state index in [0.29, 0.717) is 22.2 Å². The van der Waals surface area contributed by atoms with Gasteiger partial charge >= 0.3 is 0 Å². The van der Waals surface area contributed by atoms with Crippen LogP contribution in [0.2, 0.25) is 0 Å². The van der Waals surface area contributed by atoms with Crippen molar-refractivity contribution in [2.45, 2.75) is 39.2 Å². The molecular formula is C19H22N2O3S. The number of benzene rings is 1. The van der Waals surface area contributed by atoms with Gasteiger partial charge < -0.3 is 15.8 Å². The van der Waals surface area contributed by atoms with Crippen LogP contribution >= 0.6 is 11.3 Å². The molecule has 3 N–H and O–H groups in total. The molecule has 2 amide bonds. The summed E-state index contributed by atoms with van der Waals surface area (Å²) < 4.78 is 5.64. The molecule has 1 aromatic carbocycles.